The van der Waals surface area contributed by atoms with Crippen LogP contribution in [-0.4, -0.2) is 42.1 Å². The van der Waals surface area contributed by atoms with Crippen molar-refractivity contribution in [3.8, 4) is 0 Å². The molecule has 1 saturated heterocycles. The van der Waals surface area contributed by atoms with E-state index in [2.05, 4.69) is 10.3 Å². The number of piperazine rings is 1. The van der Waals surface area contributed by atoms with Crippen molar-refractivity contribution in [1.82, 2.24) is 9.88 Å². The monoisotopic (exact) mass is 368 g/mol. The summed E-state index contributed by atoms with van der Waals surface area (Å²) in [4.78, 5) is 19.5. The molecule has 2 heterocycles. The molecule has 2 amide bonds. The molecule has 0 saturated carbocycles. The smallest absolute Gasteiger partial charge is 0.353 e. The Morgan fingerprint density at radius 3 is 2.19 bits per heavy atom. The van der Waals surface area contributed by atoms with Crippen LogP contribution >= 0.6 is 0 Å². The Balaban J connectivity index is 1.55. The summed E-state index contributed by atoms with van der Waals surface area (Å²) < 4.78 is 50.6. The molecule has 1 aliphatic heterocycles. The van der Waals surface area contributed by atoms with Crippen molar-refractivity contribution in [1.29, 1.82) is 0 Å². The molecule has 5 nitrogen and oxygen atoms in total. The normalized spacial score (nSPS) is 15.1. The number of nitrogens with zero attached hydrogens (tertiary/aromatic N) is 3. The average Bonchev–Trinajstić information content (AvgIpc) is 2.63. The van der Waals surface area contributed by atoms with E-state index in [1.165, 1.54) is 30.3 Å². The van der Waals surface area contributed by atoms with Crippen LogP contribution in [0.5, 0.6) is 0 Å². The summed E-state index contributed by atoms with van der Waals surface area (Å²) in [5, 5.41) is 2.68. The number of pyridine rings is 1. The molecule has 9 heteroatoms. The van der Waals surface area contributed by atoms with Crippen LogP contribution in [0.1, 0.15) is 5.56 Å². The first kappa shape index (κ1) is 18.0. The number of alkyl halides is 3. The van der Waals surface area contributed by atoms with Crippen LogP contribution in [-0.2, 0) is 6.18 Å². The highest BCUT2D eigenvalue weighted by Gasteiger charge is 2.31. The third kappa shape index (κ3) is 4.22. The number of amides is 2. The van der Waals surface area contributed by atoms with E-state index in [-0.39, 0.29) is 11.8 Å². The number of benzene rings is 1. The second-order valence-electron chi connectivity index (χ2n) is 5.81. The van der Waals surface area contributed by atoms with Gasteiger partial charge in [-0.3, -0.25) is 0 Å². The third-order valence-electron chi connectivity index (χ3n) is 4.06. The first-order valence-corrected chi connectivity index (χ1v) is 7.92. The summed E-state index contributed by atoms with van der Waals surface area (Å²) in [5.74, 6) is 0.0530. The van der Waals surface area contributed by atoms with E-state index >= 15 is 0 Å². The van der Waals surface area contributed by atoms with Gasteiger partial charge in [0.25, 0.3) is 0 Å². The van der Waals surface area contributed by atoms with Crippen molar-refractivity contribution < 1.29 is 22.4 Å². The van der Waals surface area contributed by atoms with Gasteiger partial charge in [0.05, 0.1) is 5.56 Å². The topological polar surface area (TPSA) is 48.5 Å². The quantitative estimate of drug-likeness (QED) is 0.824. The molecule has 1 aromatic carbocycles. The standard InChI is InChI=1S/C17H16F4N4O/c18-13-2-4-14(5-3-13)23-16(26)25-9-7-24(8-10-25)15-6-1-12(11-22-15)17(19,20)21/h1-6,11H,7-10H2,(H,23,26). The van der Waals surface area contributed by atoms with Gasteiger partial charge in [-0.25, -0.2) is 14.2 Å². The molecule has 26 heavy (non-hydrogen) atoms. The molecule has 3 rings (SSSR count). The molecule has 1 aliphatic rings. The van der Waals surface area contributed by atoms with E-state index in [9.17, 15) is 22.4 Å². The molecule has 1 N–H and O–H groups in total. The summed E-state index contributed by atoms with van der Waals surface area (Å²) in [7, 11) is 0. The van der Waals surface area contributed by atoms with E-state index in [0.717, 1.165) is 12.3 Å². The van der Waals surface area contributed by atoms with Crippen LogP contribution in [0.4, 0.5) is 33.9 Å². The Labute approximate surface area is 147 Å². The number of carbonyl (C=O) groups is 1. The minimum Gasteiger partial charge on any atom is -0.353 e. The van der Waals surface area contributed by atoms with Gasteiger partial charge in [0, 0.05) is 38.1 Å². The Hall–Kier alpha value is -2.84. The highest BCUT2D eigenvalue weighted by atomic mass is 19.4. The second kappa shape index (κ2) is 7.19. The number of anilines is 2. The molecular weight excluding hydrogens is 352 g/mol. The predicted octanol–water partition coefficient (Wildman–Crippen LogP) is 3.59. The number of hydrogen-bond donors (Lipinski definition) is 1. The zero-order valence-electron chi connectivity index (χ0n) is 13.6. The van der Waals surface area contributed by atoms with Crippen LogP contribution in [0.25, 0.3) is 0 Å². The van der Waals surface area contributed by atoms with Gasteiger partial charge in [-0.05, 0) is 36.4 Å². The molecule has 1 aromatic heterocycles. The largest absolute Gasteiger partial charge is 0.417 e. The number of carbonyl (C=O) groups excluding carboxylic acids is 1. The van der Waals surface area contributed by atoms with Crippen molar-refractivity contribution >= 4 is 17.5 Å². The molecule has 0 unspecified atom stereocenters. The van der Waals surface area contributed by atoms with E-state index < -0.39 is 11.7 Å². The molecule has 0 aliphatic carbocycles. The minimum absolute atomic E-state index is 0.309. The van der Waals surface area contributed by atoms with Gasteiger partial charge in [-0.2, -0.15) is 13.2 Å². The van der Waals surface area contributed by atoms with E-state index in [1.807, 2.05) is 4.90 Å². The van der Waals surface area contributed by atoms with Gasteiger partial charge in [0.2, 0.25) is 0 Å². The SMILES string of the molecule is O=C(Nc1ccc(F)cc1)N1CCN(c2ccc(C(F)(F)F)cn2)CC1. The van der Waals surface area contributed by atoms with Gasteiger partial charge in [0.15, 0.2) is 0 Å². The fourth-order valence-corrected chi connectivity index (χ4v) is 2.62. The Morgan fingerprint density at radius 1 is 1.00 bits per heavy atom. The molecule has 0 atom stereocenters. The first-order chi connectivity index (χ1) is 12.3. The molecule has 1 fully saturated rings. The van der Waals surface area contributed by atoms with Crippen LogP contribution < -0.4 is 10.2 Å². The van der Waals surface area contributed by atoms with Crippen molar-refractivity contribution in [2.24, 2.45) is 0 Å². The van der Waals surface area contributed by atoms with Crippen LogP contribution in [0.3, 0.4) is 0 Å². The Morgan fingerprint density at radius 2 is 1.65 bits per heavy atom. The van der Waals surface area contributed by atoms with Gasteiger partial charge < -0.3 is 15.1 Å². The van der Waals surface area contributed by atoms with Crippen LogP contribution in [0.15, 0.2) is 42.6 Å². The number of hydrogen-bond acceptors (Lipinski definition) is 3. The average molecular weight is 368 g/mol. The zero-order chi connectivity index (χ0) is 18.7. The van der Waals surface area contributed by atoms with Crippen molar-refractivity contribution in [3.05, 3.63) is 54.0 Å². The van der Waals surface area contributed by atoms with Gasteiger partial charge in [-0.15, -0.1) is 0 Å². The number of urea groups is 1. The van der Waals surface area contributed by atoms with Crippen LogP contribution in [0, 0.1) is 5.82 Å². The van der Waals surface area contributed by atoms with E-state index in [4.69, 9.17) is 0 Å². The summed E-state index contributed by atoms with van der Waals surface area (Å²) in [6, 6.07) is 7.46. The van der Waals surface area contributed by atoms with Gasteiger partial charge in [-0.1, -0.05) is 0 Å². The lowest BCUT2D eigenvalue weighted by molar-refractivity contribution is -0.137. The highest BCUT2D eigenvalue weighted by Crippen LogP contribution is 2.29. The molecule has 2 aromatic rings. The molecule has 0 spiro atoms. The second-order valence-corrected chi connectivity index (χ2v) is 5.81. The fraction of sp³-hybridized carbons (Fsp3) is 0.294. The predicted molar refractivity (Wildman–Crippen MR) is 88.4 cm³/mol. The molecule has 138 valence electrons. The number of aromatic nitrogens is 1. The Kier molecular flexibility index (Phi) is 4.97. The molecule has 0 bridgehead atoms. The molecule has 0 radical (unpaired) electrons. The summed E-state index contributed by atoms with van der Waals surface area (Å²) in [6.07, 6.45) is -3.61. The maximum absolute atomic E-state index is 12.9. The lowest BCUT2D eigenvalue weighted by atomic mass is 10.2. The van der Waals surface area contributed by atoms with E-state index in [1.54, 1.807) is 4.90 Å². The summed E-state index contributed by atoms with van der Waals surface area (Å²) in [5.41, 5.74) is -0.304. The summed E-state index contributed by atoms with van der Waals surface area (Å²) in [6.45, 7) is 1.70. The molecular formula is C17H16F4N4O. The number of nitrogens with one attached hydrogen (secondary N) is 1. The van der Waals surface area contributed by atoms with Gasteiger partial charge >= 0.3 is 12.2 Å². The van der Waals surface area contributed by atoms with Crippen molar-refractivity contribution in [2.45, 2.75) is 6.18 Å². The lowest BCUT2D eigenvalue weighted by Gasteiger charge is -2.35. The zero-order valence-corrected chi connectivity index (χ0v) is 13.6. The number of rotatable bonds is 2. The summed E-state index contributed by atoms with van der Waals surface area (Å²) >= 11 is 0. The third-order valence-corrected chi connectivity index (χ3v) is 4.06. The highest BCUT2D eigenvalue weighted by molar-refractivity contribution is 5.89. The Bertz CT molecular complexity index is 754. The fourth-order valence-electron chi connectivity index (χ4n) is 2.62. The number of halogens is 4. The first-order valence-electron chi connectivity index (χ1n) is 7.92. The maximum atomic E-state index is 12.9. The maximum Gasteiger partial charge on any atom is 0.417 e. The van der Waals surface area contributed by atoms with E-state index in [0.29, 0.717) is 37.7 Å². The van der Waals surface area contributed by atoms with Crippen molar-refractivity contribution in [2.75, 3.05) is 36.4 Å². The van der Waals surface area contributed by atoms with Crippen molar-refractivity contribution in [3.63, 3.8) is 0 Å². The minimum atomic E-state index is -4.41. The van der Waals surface area contributed by atoms with Crippen LogP contribution in [0.2, 0.25) is 0 Å². The van der Waals surface area contributed by atoms with Gasteiger partial charge in [0.1, 0.15) is 11.6 Å². The lowest BCUT2D eigenvalue weighted by Crippen LogP contribution is -2.50.